The SMILES string of the molecule is COc1cc(NC(=O)c2cnn(-c3cccc(Cl)c3)c2C(C)C)cc(OC)c1. The Hall–Kier alpha value is -2.99. The van der Waals surface area contributed by atoms with Crippen LogP contribution in [0.25, 0.3) is 5.69 Å². The third-order valence-electron chi connectivity index (χ3n) is 4.26. The van der Waals surface area contributed by atoms with E-state index in [0.717, 1.165) is 11.4 Å². The van der Waals surface area contributed by atoms with Gasteiger partial charge in [-0.3, -0.25) is 4.79 Å². The van der Waals surface area contributed by atoms with Crippen molar-refractivity contribution in [3.63, 3.8) is 0 Å². The Balaban J connectivity index is 1.97. The van der Waals surface area contributed by atoms with E-state index < -0.39 is 0 Å². The summed E-state index contributed by atoms with van der Waals surface area (Å²) in [4.78, 5) is 13.0. The van der Waals surface area contributed by atoms with Gasteiger partial charge in [-0.15, -0.1) is 0 Å². The molecule has 0 fully saturated rings. The Morgan fingerprint density at radius 3 is 2.36 bits per heavy atom. The fraction of sp³-hybridized carbons (Fsp3) is 0.238. The lowest BCUT2D eigenvalue weighted by atomic mass is 10.0. The van der Waals surface area contributed by atoms with Gasteiger partial charge in [-0.25, -0.2) is 4.68 Å². The quantitative estimate of drug-likeness (QED) is 0.639. The normalized spacial score (nSPS) is 10.8. The summed E-state index contributed by atoms with van der Waals surface area (Å²) < 4.78 is 12.3. The van der Waals surface area contributed by atoms with Crippen LogP contribution in [0, 0.1) is 0 Å². The summed E-state index contributed by atoms with van der Waals surface area (Å²) in [6, 6.07) is 12.6. The predicted molar refractivity (Wildman–Crippen MR) is 110 cm³/mol. The highest BCUT2D eigenvalue weighted by Crippen LogP contribution is 2.28. The van der Waals surface area contributed by atoms with Crippen LogP contribution in [0.4, 0.5) is 5.69 Å². The second-order valence-corrected chi connectivity index (χ2v) is 6.98. The molecule has 0 saturated carbocycles. The molecule has 0 spiro atoms. The van der Waals surface area contributed by atoms with Crippen molar-refractivity contribution in [2.75, 3.05) is 19.5 Å². The molecule has 1 heterocycles. The zero-order valence-corrected chi connectivity index (χ0v) is 16.9. The van der Waals surface area contributed by atoms with Gasteiger partial charge in [-0.05, 0) is 24.1 Å². The van der Waals surface area contributed by atoms with E-state index in [0.29, 0.717) is 27.8 Å². The Morgan fingerprint density at radius 1 is 1.11 bits per heavy atom. The monoisotopic (exact) mass is 399 g/mol. The van der Waals surface area contributed by atoms with Crippen molar-refractivity contribution in [2.24, 2.45) is 0 Å². The Morgan fingerprint density at radius 2 is 1.79 bits per heavy atom. The van der Waals surface area contributed by atoms with Crippen LogP contribution in [0.15, 0.2) is 48.7 Å². The van der Waals surface area contributed by atoms with Gasteiger partial charge >= 0.3 is 0 Å². The minimum absolute atomic E-state index is 0.0714. The summed E-state index contributed by atoms with van der Waals surface area (Å²) in [6.07, 6.45) is 1.57. The molecule has 3 rings (SSSR count). The number of halogens is 1. The number of ether oxygens (including phenoxy) is 2. The largest absolute Gasteiger partial charge is 0.497 e. The van der Waals surface area contributed by atoms with Crippen LogP contribution in [0.1, 0.15) is 35.8 Å². The topological polar surface area (TPSA) is 65.4 Å². The average Bonchev–Trinajstić information content (AvgIpc) is 3.13. The van der Waals surface area contributed by atoms with Gasteiger partial charge in [0.25, 0.3) is 5.91 Å². The maximum atomic E-state index is 13.0. The lowest BCUT2D eigenvalue weighted by Crippen LogP contribution is -2.15. The number of amides is 1. The number of carbonyl (C=O) groups is 1. The Bertz CT molecular complexity index is 976. The molecule has 28 heavy (non-hydrogen) atoms. The maximum absolute atomic E-state index is 13.0. The maximum Gasteiger partial charge on any atom is 0.259 e. The average molecular weight is 400 g/mol. The standard InChI is InChI=1S/C21H22ClN3O3/c1-13(2)20-19(12-23-25(20)16-7-5-6-14(22)8-16)21(26)24-15-9-17(27-3)11-18(10-15)28-4/h5-13H,1-4H3,(H,24,26). The van der Waals surface area contributed by atoms with Gasteiger partial charge < -0.3 is 14.8 Å². The van der Waals surface area contributed by atoms with E-state index in [4.69, 9.17) is 21.1 Å². The van der Waals surface area contributed by atoms with Crippen LogP contribution in [0.2, 0.25) is 5.02 Å². The molecule has 0 bridgehead atoms. The highest BCUT2D eigenvalue weighted by Gasteiger charge is 2.21. The first-order valence-electron chi connectivity index (χ1n) is 8.81. The van der Waals surface area contributed by atoms with Crippen molar-refractivity contribution in [3.05, 3.63) is 64.9 Å². The summed E-state index contributed by atoms with van der Waals surface area (Å²) in [5, 5.41) is 7.94. The first-order chi connectivity index (χ1) is 13.4. The number of aromatic nitrogens is 2. The van der Waals surface area contributed by atoms with Crippen LogP contribution in [-0.4, -0.2) is 29.9 Å². The van der Waals surface area contributed by atoms with Gasteiger partial charge in [-0.2, -0.15) is 5.10 Å². The first kappa shape index (κ1) is 19.8. The number of benzene rings is 2. The molecule has 0 saturated heterocycles. The molecule has 1 aromatic heterocycles. The van der Waals surface area contributed by atoms with Gasteiger partial charge in [0, 0.05) is 28.9 Å². The molecule has 0 aliphatic heterocycles. The van der Waals surface area contributed by atoms with Crippen molar-refractivity contribution in [1.29, 1.82) is 0 Å². The molecule has 1 amide bonds. The number of nitrogens with zero attached hydrogens (tertiary/aromatic N) is 2. The predicted octanol–water partition coefficient (Wildman–Crippen LogP) is 4.92. The molecule has 6 nitrogen and oxygen atoms in total. The van der Waals surface area contributed by atoms with Crippen LogP contribution >= 0.6 is 11.6 Å². The molecule has 0 aliphatic carbocycles. The lowest BCUT2D eigenvalue weighted by molar-refractivity contribution is 0.102. The molecule has 0 aliphatic rings. The molecule has 2 aromatic carbocycles. The van der Waals surface area contributed by atoms with E-state index in [1.807, 2.05) is 32.0 Å². The summed E-state index contributed by atoms with van der Waals surface area (Å²) in [5.74, 6) is 0.996. The van der Waals surface area contributed by atoms with Crippen molar-refractivity contribution < 1.29 is 14.3 Å². The van der Waals surface area contributed by atoms with Crippen LogP contribution in [0.3, 0.4) is 0 Å². The van der Waals surface area contributed by atoms with Crippen molar-refractivity contribution >= 4 is 23.2 Å². The Labute approximate surface area is 169 Å². The van der Waals surface area contributed by atoms with Crippen LogP contribution in [0.5, 0.6) is 11.5 Å². The molecule has 146 valence electrons. The third-order valence-corrected chi connectivity index (χ3v) is 4.50. The van der Waals surface area contributed by atoms with E-state index in [2.05, 4.69) is 10.4 Å². The summed E-state index contributed by atoms with van der Waals surface area (Å²) in [5.41, 5.74) is 2.68. The second-order valence-electron chi connectivity index (χ2n) is 6.55. The van der Waals surface area contributed by atoms with E-state index in [1.54, 1.807) is 49.4 Å². The van der Waals surface area contributed by atoms with Crippen LogP contribution in [-0.2, 0) is 0 Å². The smallest absolute Gasteiger partial charge is 0.259 e. The number of methoxy groups -OCH3 is 2. The molecule has 0 atom stereocenters. The highest BCUT2D eigenvalue weighted by molar-refractivity contribution is 6.30. The first-order valence-corrected chi connectivity index (χ1v) is 9.19. The van der Waals surface area contributed by atoms with Crippen molar-refractivity contribution in [2.45, 2.75) is 19.8 Å². The number of hydrogen-bond donors (Lipinski definition) is 1. The number of nitrogens with one attached hydrogen (secondary N) is 1. The minimum Gasteiger partial charge on any atom is -0.497 e. The molecule has 0 unspecified atom stereocenters. The van der Waals surface area contributed by atoms with Crippen LogP contribution < -0.4 is 14.8 Å². The molecular formula is C21H22ClN3O3. The molecule has 1 N–H and O–H groups in total. The number of anilines is 1. The van der Waals surface area contributed by atoms with Gasteiger partial charge in [0.2, 0.25) is 0 Å². The molecular weight excluding hydrogens is 378 g/mol. The van der Waals surface area contributed by atoms with E-state index in [-0.39, 0.29) is 11.8 Å². The summed E-state index contributed by atoms with van der Waals surface area (Å²) >= 11 is 6.12. The fourth-order valence-corrected chi connectivity index (χ4v) is 3.16. The van der Waals surface area contributed by atoms with Gasteiger partial charge in [0.05, 0.1) is 37.4 Å². The number of carbonyl (C=O) groups excluding carboxylic acids is 1. The molecule has 7 heteroatoms. The third kappa shape index (κ3) is 4.12. The van der Waals surface area contributed by atoms with Crippen molar-refractivity contribution in [3.8, 4) is 17.2 Å². The summed E-state index contributed by atoms with van der Waals surface area (Å²) in [6.45, 7) is 4.03. The van der Waals surface area contributed by atoms with Crippen molar-refractivity contribution in [1.82, 2.24) is 9.78 Å². The van der Waals surface area contributed by atoms with Gasteiger partial charge in [0.1, 0.15) is 11.5 Å². The zero-order chi connectivity index (χ0) is 20.3. The van der Waals surface area contributed by atoms with E-state index in [1.165, 1.54) is 0 Å². The Kier molecular flexibility index (Phi) is 5.90. The van der Waals surface area contributed by atoms with Gasteiger partial charge in [-0.1, -0.05) is 31.5 Å². The molecule has 0 radical (unpaired) electrons. The number of hydrogen-bond acceptors (Lipinski definition) is 4. The summed E-state index contributed by atoms with van der Waals surface area (Å²) in [7, 11) is 3.12. The fourth-order valence-electron chi connectivity index (χ4n) is 2.98. The number of rotatable bonds is 6. The highest BCUT2D eigenvalue weighted by atomic mass is 35.5. The van der Waals surface area contributed by atoms with E-state index in [9.17, 15) is 4.79 Å². The lowest BCUT2D eigenvalue weighted by Gasteiger charge is -2.14. The minimum atomic E-state index is -0.257. The molecule has 3 aromatic rings. The zero-order valence-electron chi connectivity index (χ0n) is 16.2. The van der Waals surface area contributed by atoms with E-state index >= 15 is 0 Å². The van der Waals surface area contributed by atoms with Gasteiger partial charge in [0.15, 0.2) is 0 Å². The second kappa shape index (κ2) is 8.35.